The first kappa shape index (κ1) is 9.32. The van der Waals surface area contributed by atoms with Crippen molar-refractivity contribution in [3.8, 4) is 5.75 Å². The van der Waals surface area contributed by atoms with Crippen molar-refractivity contribution in [1.82, 2.24) is 5.32 Å². The molecule has 0 spiro atoms. The molecule has 13 heavy (non-hydrogen) atoms. The lowest BCUT2D eigenvalue weighted by molar-refractivity contribution is 0.203. The van der Waals surface area contributed by atoms with E-state index >= 15 is 0 Å². The van der Waals surface area contributed by atoms with E-state index in [2.05, 4.69) is 11.9 Å². The van der Waals surface area contributed by atoms with Crippen molar-refractivity contribution in [1.29, 1.82) is 0 Å². The standard InChI is InChI=1S/C10H11NO2/c1-8(2)11-10(12)13-9-6-4-3-5-7-9/h3-7H,1H2,2H3,(H,11,12). The van der Waals surface area contributed by atoms with E-state index < -0.39 is 6.09 Å². The maximum Gasteiger partial charge on any atom is 0.416 e. The molecule has 1 rings (SSSR count). The van der Waals surface area contributed by atoms with Gasteiger partial charge in [0.1, 0.15) is 5.75 Å². The zero-order valence-corrected chi connectivity index (χ0v) is 7.41. The van der Waals surface area contributed by atoms with Gasteiger partial charge in [0.25, 0.3) is 0 Å². The highest BCUT2D eigenvalue weighted by Gasteiger charge is 2.01. The topological polar surface area (TPSA) is 38.3 Å². The number of carbonyl (C=O) groups excluding carboxylic acids is 1. The van der Waals surface area contributed by atoms with Gasteiger partial charge in [0.15, 0.2) is 0 Å². The predicted octanol–water partition coefficient (Wildman–Crippen LogP) is 2.31. The van der Waals surface area contributed by atoms with E-state index in [-0.39, 0.29) is 0 Å². The monoisotopic (exact) mass is 177 g/mol. The van der Waals surface area contributed by atoms with Crippen molar-refractivity contribution >= 4 is 6.09 Å². The van der Waals surface area contributed by atoms with Crippen molar-refractivity contribution in [2.75, 3.05) is 0 Å². The molecular weight excluding hydrogens is 166 g/mol. The second kappa shape index (κ2) is 4.30. The molecule has 0 atom stereocenters. The van der Waals surface area contributed by atoms with Crippen molar-refractivity contribution in [2.45, 2.75) is 6.92 Å². The number of ether oxygens (including phenoxy) is 1. The summed E-state index contributed by atoms with van der Waals surface area (Å²) in [6.45, 7) is 5.21. The highest BCUT2D eigenvalue weighted by atomic mass is 16.6. The first-order valence-corrected chi connectivity index (χ1v) is 3.88. The second-order valence-electron chi connectivity index (χ2n) is 2.61. The van der Waals surface area contributed by atoms with Gasteiger partial charge >= 0.3 is 6.09 Å². The largest absolute Gasteiger partial charge is 0.416 e. The lowest BCUT2D eigenvalue weighted by atomic mass is 10.3. The Bertz CT molecular complexity index is 306. The highest BCUT2D eigenvalue weighted by molar-refractivity contribution is 5.72. The first-order valence-electron chi connectivity index (χ1n) is 3.88. The second-order valence-corrected chi connectivity index (χ2v) is 2.61. The molecule has 0 unspecified atom stereocenters. The Hall–Kier alpha value is -1.77. The van der Waals surface area contributed by atoms with Gasteiger partial charge in [-0.25, -0.2) is 4.79 Å². The maximum absolute atomic E-state index is 11.0. The smallest absolute Gasteiger partial charge is 0.410 e. The summed E-state index contributed by atoms with van der Waals surface area (Å²) in [5.41, 5.74) is 0.556. The Balaban J connectivity index is 2.50. The summed E-state index contributed by atoms with van der Waals surface area (Å²) < 4.78 is 4.91. The molecule has 3 heteroatoms. The highest BCUT2D eigenvalue weighted by Crippen LogP contribution is 2.08. The molecule has 0 aliphatic rings. The van der Waals surface area contributed by atoms with E-state index in [1.807, 2.05) is 6.07 Å². The number of allylic oxidation sites excluding steroid dienone is 1. The minimum atomic E-state index is -0.515. The molecule has 1 aromatic carbocycles. The Morgan fingerprint density at radius 2 is 2.00 bits per heavy atom. The molecule has 0 saturated carbocycles. The lowest BCUT2D eigenvalue weighted by Crippen LogP contribution is -2.24. The quantitative estimate of drug-likeness (QED) is 0.752. The van der Waals surface area contributed by atoms with E-state index in [0.717, 1.165) is 0 Å². The summed E-state index contributed by atoms with van der Waals surface area (Å²) in [5.74, 6) is 0.515. The number of rotatable bonds is 2. The van der Waals surface area contributed by atoms with Gasteiger partial charge in [-0.15, -0.1) is 0 Å². The van der Waals surface area contributed by atoms with Crippen molar-refractivity contribution in [3.05, 3.63) is 42.6 Å². The molecule has 0 radical (unpaired) electrons. The minimum Gasteiger partial charge on any atom is -0.410 e. The maximum atomic E-state index is 11.0. The number of para-hydroxylation sites is 1. The number of carbonyl (C=O) groups is 1. The molecule has 0 aromatic heterocycles. The fourth-order valence-electron chi connectivity index (χ4n) is 0.795. The van der Waals surface area contributed by atoms with Gasteiger partial charge < -0.3 is 4.74 Å². The lowest BCUT2D eigenvalue weighted by Gasteiger charge is -2.04. The Morgan fingerprint density at radius 3 is 2.54 bits per heavy atom. The van der Waals surface area contributed by atoms with E-state index in [0.29, 0.717) is 11.4 Å². The third-order valence-electron chi connectivity index (χ3n) is 1.27. The normalized spacial score (nSPS) is 9.00. The summed E-state index contributed by atoms with van der Waals surface area (Å²) in [6.07, 6.45) is -0.515. The summed E-state index contributed by atoms with van der Waals surface area (Å²) in [7, 11) is 0. The molecule has 0 aliphatic carbocycles. The van der Waals surface area contributed by atoms with Gasteiger partial charge in [-0.05, 0) is 19.1 Å². The molecule has 3 nitrogen and oxygen atoms in total. The van der Waals surface area contributed by atoms with Crippen LogP contribution < -0.4 is 10.1 Å². The van der Waals surface area contributed by atoms with E-state index in [1.165, 1.54) is 0 Å². The van der Waals surface area contributed by atoms with Crippen molar-refractivity contribution in [2.24, 2.45) is 0 Å². The van der Waals surface area contributed by atoms with Crippen LogP contribution in [-0.4, -0.2) is 6.09 Å². The zero-order valence-electron chi connectivity index (χ0n) is 7.41. The molecule has 0 fully saturated rings. The van der Waals surface area contributed by atoms with Gasteiger partial charge in [-0.1, -0.05) is 24.8 Å². The van der Waals surface area contributed by atoms with Crippen LogP contribution in [0, 0.1) is 0 Å². The van der Waals surface area contributed by atoms with Crippen LogP contribution in [0.3, 0.4) is 0 Å². The molecule has 1 aromatic rings. The number of nitrogens with one attached hydrogen (secondary N) is 1. The van der Waals surface area contributed by atoms with Gasteiger partial charge in [0.2, 0.25) is 0 Å². The predicted molar refractivity (Wildman–Crippen MR) is 50.4 cm³/mol. The molecule has 0 heterocycles. The summed E-state index contributed by atoms with van der Waals surface area (Å²) in [5, 5.41) is 2.44. The molecule has 1 amide bonds. The fraction of sp³-hybridized carbons (Fsp3) is 0.100. The zero-order chi connectivity index (χ0) is 9.68. The van der Waals surface area contributed by atoms with Gasteiger partial charge in [-0.3, -0.25) is 5.32 Å². The molecule has 1 N–H and O–H groups in total. The number of benzene rings is 1. The van der Waals surface area contributed by atoms with Crippen LogP contribution in [0.4, 0.5) is 4.79 Å². The van der Waals surface area contributed by atoms with Crippen LogP contribution in [0.2, 0.25) is 0 Å². The molecule has 68 valence electrons. The van der Waals surface area contributed by atoms with Gasteiger partial charge in [0.05, 0.1) is 0 Å². The van der Waals surface area contributed by atoms with E-state index in [1.54, 1.807) is 31.2 Å². The molecule has 0 bridgehead atoms. The molecule has 0 saturated heterocycles. The van der Waals surface area contributed by atoms with Crippen LogP contribution in [0.15, 0.2) is 42.6 Å². The molecule has 0 aliphatic heterocycles. The molecular formula is C10H11NO2. The van der Waals surface area contributed by atoms with Crippen LogP contribution in [0.1, 0.15) is 6.92 Å². The van der Waals surface area contributed by atoms with Crippen LogP contribution in [0.5, 0.6) is 5.75 Å². The van der Waals surface area contributed by atoms with Crippen molar-refractivity contribution < 1.29 is 9.53 Å². The van der Waals surface area contributed by atoms with Crippen LogP contribution in [-0.2, 0) is 0 Å². The third kappa shape index (κ3) is 3.42. The first-order chi connectivity index (χ1) is 6.18. The number of hydrogen-bond acceptors (Lipinski definition) is 2. The van der Waals surface area contributed by atoms with Crippen molar-refractivity contribution in [3.63, 3.8) is 0 Å². The fourth-order valence-corrected chi connectivity index (χ4v) is 0.795. The SMILES string of the molecule is C=C(C)NC(=O)Oc1ccccc1. The summed E-state index contributed by atoms with van der Waals surface area (Å²) in [4.78, 5) is 11.0. The van der Waals surface area contributed by atoms with E-state index in [9.17, 15) is 4.79 Å². The van der Waals surface area contributed by atoms with Gasteiger partial charge in [-0.2, -0.15) is 0 Å². The Kier molecular flexibility index (Phi) is 3.09. The summed E-state index contributed by atoms with van der Waals surface area (Å²) >= 11 is 0. The average Bonchev–Trinajstić information content (AvgIpc) is 2.04. The van der Waals surface area contributed by atoms with Crippen LogP contribution >= 0.6 is 0 Å². The van der Waals surface area contributed by atoms with E-state index in [4.69, 9.17) is 4.74 Å². The summed E-state index contributed by atoms with van der Waals surface area (Å²) in [6, 6.07) is 8.85. The Labute approximate surface area is 77.0 Å². The van der Waals surface area contributed by atoms with Crippen LogP contribution in [0.25, 0.3) is 0 Å². The number of amides is 1. The van der Waals surface area contributed by atoms with Gasteiger partial charge in [0, 0.05) is 5.70 Å². The minimum absolute atomic E-state index is 0.515. The Morgan fingerprint density at radius 1 is 1.38 bits per heavy atom. The average molecular weight is 177 g/mol. The number of hydrogen-bond donors (Lipinski definition) is 1. The third-order valence-corrected chi connectivity index (χ3v) is 1.27.